The van der Waals surface area contributed by atoms with Gasteiger partial charge in [-0.05, 0) is 50.4 Å². The fraction of sp³-hybridized carbons (Fsp3) is 0.182. The Bertz CT molecular complexity index is 543. The summed E-state index contributed by atoms with van der Waals surface area (Å²) in [4.78, 5) is 0. The molecule has 2 rings (SSSR count). The molecule has 0 aliphatic heterocycles. The monoisotopic (exact) mass is 361 g/mol. The van der Waals surface area contributed by atoms with Gasteiger partial charge in [0.1, 0.15) is 11.6 Å². The van der Waals surface area contributed by atoms with Crippen molar-refractivity contribution in [2.24, 2.45) is 0 Å². The summed E-state index contributed by atoms with van der Waals surface area (Å²) >= 11 is 6.63. The van der Waals surface area contributed by atoms with Gasteiger partial charge in [0.2, 0.25) is 0 Å². The van der Waals surface area contributed by atoms with Crippen LogP contribution < -0.4 is 5.73 Å². The second-order valence-electron chi connectivity index (χ2n) is 3.54. The minimum absolute atomic E-state index is 0.325. The van der Waals surface area contributed by atoms with Gasteiger partial charge < -0.3 is 5.73 Å². The summed E-state index contributed by atoms with van der Waals surface area (Å²) in [6.45, 7) is 2.00. The molecule has 0 amide bonds. The lowest BCUT2D eigenvalue weighted by Gasteiger charge is -2.09. The van der Waals surface area contributed by atoms with Crippen LogP contribution in [0, 0.1) is 5.82 Å². The highest BCUT2D eigenvalue weighted by Crippen LogP contribution is 2.31. The molecule has 0 atom stereocenters. The molecular formula is C11H10Br2FN3. The lowest BCUT2D eigenvalue weighted by molar-refractivity contribution is 0.625. The molecule has 2 N–H and O–H groups in total. The molecule has 6 heteroatoms. The van der Waals surface area contributed by atoms with Crippen LogP contribution >= 0.6 is 31.9 Å². The molecule has 0 aliphatic carbocycles. The van der Waals surface area contributed by atoms with Crippen LogP contribution in [0.1, 0.15) is 12.6 Å². The van der Waals surface area contributed by atoms with Gasteiger partial charge in [0.15, 0.2) is 0 Å². The second-order valence-corrected chi connectivity index (χ2v) is 5.25. The first kappa shape index (κ1) is 12.6. The summed E-state index contributed by atoms with van der Waals surface area (Å²) < 4.78 is 16.0. The minimum atomic E-state index is -0.325. The SMILES string of the molecule is CCc1cc(N)n(-c2c(Br)cc(F)cc2Br)n1. The van der Waals surface area contributed by atoms with Crippen LogP contribution in [0.5, 0.6) is 0 Å². The van der Waals surface area contributed by atoms with Gasteiger partial charge in [-0.3, -0.25) is 0 Å². The Labute approximate surface area is 115 Å². The smallest absolute Gasteiger partial charge is 0.127 e. The predicted molar refractivity (Wildman–Crippen MR) is 72.7 cm³/mol. The zero-order chi connectivity index (χ0) is 12.6. The molecule has 1 aromatic carbocycles. The molecule has 0 saturated carbocycles. The average molecular weight is 363 g/mol. The lowest BCUT2D eigenvalue weighted by Crippen LogP contribution is -2.04. The maximum absolute atomic E-state index is 13.2. The Morgan fingerprint density at radius 1 is 1.29 bits per heavy atom. The molecular weight excluding hydrogens is 353 g/mol. The van der Waals surface area contributed by atoms with Crippen molar-refractivity contribution in [1.82, 2.24) is 9.78 Å². The Kier molecular flexibility index (Phi) is 3.53. The molecule has 17 heavy (non-hydrogen) atoms. The number of hydrogen-bond acceptors (Lipinski definition) is 2. The van der Waals surface area contributed by atoms with E-state index in [0.717, 1.165) is 12.1 Å². The largest absolute Gasteiger partial charge is 0.384 e. The van der Waals surface area contributed by atoms with Gasteiger partial charge in [-0.1, -0.05) is 6.92 Å². The zero-order valence-corrected chi connectivity index (χ0v) is 12.2. The fourth-order valence-electron chi connectivity index (χ4n) is 1.54. The highest BCUT2D eigenvalue weighted by atomic mass is 79.9. The summed E-state index contributed by atoms with van der Waals surface area (Å²) in [5.41, 5.74) is 7.48. The predicted octanol–water partition coefficient (Wildman–Crippen LogP) is 3.68. The van der Waals surface area contributed by atoms with E-state index in [1.54, 1.807) is 4.68 Å². The maximum Gasteiger partial charge on any atom is 0.127 e. The van der Waals surface area contributed by atoms with E-state index in [0.29, 0.717) is 20.5 Å². The van der Waals surface area contributed by atoms with E-state index in [9.17, 15) is 4.39 Å². The number of aromatic nitrogens is 2. The van der Waals surface area contributed by atoms with Crippen molar-refractivity contribution < 1.29 is 4.39 Å². The summed E-state index contributed by atoms with van der Waals surface area (Å²) in [7, 11) is 0. The van der Waals surface area contributed by atoms with Gasteiger partial charge in [0, 0.05) is 15.0 Å². The molecule has 0 unspecified atom stereocenters. The first-order chi connectivity index (χ1) is 8.02. The highest BCUT2D eigenvalue weighted by Gasteiger charge is 2.14. The molecule has 0 radical (unpaired) electrons. The quantitative estimate of drug-likeness (QED) is 0.885. The normalized spacial score (nSPS) is 10.8. The van der Waals surface area contributed by atoms with Crippen LogP contribution in [-0.4, -0.2) is 9.78 Å². The molecule has 0 saturated heterocycles. The van der Waals surface area contributed by atoms with Crippen LogP contribution in [0.4, 0.5) is 10.2 Å². The number of nitrogens with two attached hydrogens (primary N) is 1. The summed E-state index contributed by atoms with van der Waals surface area (Å²) in [6.07, 6.45) is 0.799. The number of nitrogen functional groups attached to an aromatic ring is 1. The van der Waals surface area contributed by atoms with E-state index in [2.05, 4.69) is 37.0 Å². The van der Waals surface area contributed by atoms with Crippen molar-refractivity contribution >= 4 is 37.7 Å². The first-order valence-electron chi connectivity index (χ1n) is 5.02. The molecule has 90 valence electrons. The van der Waals surface area contributed by atoms with Crippen molar-refractivity contribution in [2.75, 3.05) is 5.73 Å². The van der Waals surface area contributed by atoms with E-state index >= 15 is 0 Å². The van der Waals surface area contributed by atoms with E-state index in [1.807, 2.05) is 13.0 Å². The third kappa shape index (κ3) is 2.37. The molecule has 0 spiro atoms. The van der Waals surface area contributed by atoms with Crippen molar-refractivity contribution in [3.05, 3.63) is 38.7 Å². The topological polar surface area (TPSA) is 43.8 Å². The number of halogens is 3. The third-order valence-electron chi connectivity index (χ3n) is 2.34. The first-order valence-corrected chi connectivity index (χ1v) is 6.61. The van der Waals surface area contributed by atoms with Crippen molar-refractivity contribution in [3.8, 4) is 5.69 Å². The van der Waals surface area contributed by atoms with Gasteiger partial charge in [0.05, 0.1) is 11.4 Å². The van der Waals surface area contributed by atoms with E-state index < -0.39 is 0 Å². The average Bonchev–Trinajstić information content (AvgIpc) is 2.59. The van der Waals surface area contributed by atoms with Crippen LogP contribution in [0.25, 0.3) is 5.69 Å². The number of hydrogen-bond donors (Lipinski definition) is 1. The van der Waals surface area contributed by atoms with Gasteiger partial charge in [-0.2, -0.15) is 5.10 Å². The summed E-state index contributed by atoms with van der Waals surface area (Å²) in [5, 5.41) is 4.36. The zero-order valence-electron chi connectivity index (χ0n) is 9.04. The number of benzene rings is 1. The van der Waals surface area contributed by atoms with Gasteiger partial charge in [0.25, 0.3) is 0 Å². The van der Waals surface area contributed by atoms with Crippen molar-refractivity contribution in [2.45, 2.75) is 13.3 Å². The molecule has 2 aromatic rings. The second kappa shape index (κ2) is 4.78. The maximum atomic E-state index is 13.2. The van der Waals surface area contributed by atoms with E-state index in [1.165, 1.54) is 12.1 Å². The molecule has 0 fully saturated rings. The molecule has 3 nitrogen and oxygen atoms in total. The van der Waals surface area contributed by atoms with Crippen LogP contribution in [0.3, 0.4) is 0 Å². The Hall–Kier alpha value is -0.880. The standard InChI is InChI=1S/C11H10Br2FN3/c1-2-7-5-10(15)17(16-7)11-8(12)3-6(14)4-9(11)13/h3-5H,2,15H2,1H3. The Balaban J connectivity index is 2.63. The number of aryl methyl sites for hydroxylation is 1. The molecule has 0 bridgehead atoms. The molecule has 1 aromatic heterocycles. The fourth-order valence-corrected chi connectivity index (χ4v) is 3.00. The Morgan fingerprint density at radius 2 is 1.88 bits per heavy atom. The van der Waals surface area contributed by atoms with Gasteiger partial charge in [-0.25, -0.2) is 9.07 Å². The van der Waals surface area contributed by atoms with Crippen LogP contribution in [0.15, 0.2) is 27.1 Å². The van der Waals surface area contributed by atoms with Gasteiger partial charge in [-0.15, -0.1) is 0 Å². The van der Waals surface area contributed by atoms with E-state index in [4.69, 9.17) is 5.73 Å². The van der Waals surface area contributed by atoms with Crippen molar-refractivity contribution in [3.63, 3.8) is 0 Å². The summed E-state index contributed by atoms with van der Waals surface area (Å²) in [6, 6.07) is 4.57. The minimum Gasteiger partial charge on any atom is -0.384 e. The molecule has 0 aliphatic rings. The Morgan fingerprint density at radius 3 is 2.35 bits per heavy atom. The highest BCUT2D eigenvalue weighted by molar-refractivity contribution is 9.11. The van der Waals surface area contributed by atoms with Crippen LogP contribution in [0.2, 0.25) is 0 Å². The molecule has 1 heterocycles. The summed E-state index contributed by atoms with van der Waals surface area (Å²) in [5.74, 6) is 0.198. The van der Waals surface area contributed by atoms with Crippen molar-refractivity contribution in [1.29, 1.82) is 0 Å². The number of rotatable bonds is 2. The number of nitrogens with zero attached hydrogens (tertiary/aromatic N) is 2. The number of anilines is 1. The van der Waals surface area contributed by atoms with Gasteiger partial charge >= 0.3 is 0 Å². The van der Waals surface area contributed by atoms with E-state index in [-0.39, 0.29) is 5.82 Å². The third-order valence-corrected chi connectivity index (χ3v) is 3.55. The van der Waals surface area contributed by atoms with Crippen LogP contribution in [-0.2, 0) is 6.42 Å². The lowest BCUT2D eigenvalue weighted by atomic mass is 10.3.